The molecule has 0 spiro atoms. The number of nitrogens with zero attached hydrogens (tertiary/aromatic N) is 3. The van der Waals surface area contributed by atoms with Crippen molar-refractivity contribution in [3.8, 4) is 12.3 Å². The summed E-state index contributed by atoms with van der Waals surface area (Å²) in [6, 6.07) is 11.2. The van der Waals surface area contributed by atoms with Crippen molar-refractivity contribution in [1.29, 1.82) is 0 Å². The summed E-state index contributed by atoms with van der Waals surface area (Å²) < 4.78 is 27.5. The first-order valence-corrected chi connectivity index (χ1v) is 12.2. The van der Waals surface area contributed by atoms with Gasteiger partial charge in [0.05, 0.1) is 17.4 Å². The van der Waals surface area contributed by atoms with Gasteiger partial charge >= 0.3 is 0 Å². The van der Waals surface area contributed by atoms with E-state index in [9.17, 15) is 13.2 Å². The van der Waals surface area contributed by atoms with Crippen molar-refractivity contribution >= 4 is 38.9 Å². The normalized spacial score (nSPS) is 15.3. The monoisotopic (exact) mass is 465 g/mol. The summed E-state index contributed by atoms with van der Waals surface area (Å²) in [4.78, 5) is 16.4. The van der Waals surface area contributed by atoms with Gasteiger partial charge in [0.15, 0.2) is 0 Å². The molecule has 0 saturated carbocycles. The minimum atomic E-state index is -3.57. The molecule has 1 aromatic carbocycles. The van der Waals surface area contributed by atoms with E-state index < -0.39 is 10.0 Å². The van der Waals surface area contributed by atoms with Gasteiger partial charge in [-0.05, 0) is 24.6 Å². The number of terminal acetylenes is 1. The van der Waals surface area contributed by atoms with Gasteiger partial charge < -0.3 is 4.90 Å². The zero-order valence-electron chi connectivity index (χ0n) is 16.8. The quantitative estimate of drug-likeness (QED) is 0.590. The number of hydrogen-bond acceptors (Lipinski definition) is 5. The maximum Gasteiger partial charge on any atom is 0.252 e. The van der Waals surface area contributed by atoms with Crippen LogP contribution in [0, 0.1) is 19.3 Å². The minimum Gasteiger partial charge on any atom is -0.339 e. The summed E-state index contributed by atoms with van der Waals surface area (Å²) in [5.41, 5.74) is 2.27. The predicted octanol–water partition coefficient (Wildman–Crippen LogP) is 2.68. The van der Waals surface area contributed by atoms with Crippen LogP contribution in [0.2, 0.25) is 4.34 Å². The molecule has 1 fully saturated rings. The van der Waals surface area contributed by atoms with Crippen LogP contribution in [0.3, 0.4) is 0 Å². The number of hydrogen-bond donors (Lipinski definition) is 0. The molecule has 0 bridgehead atoms. The van der Waals surface area contributed by atoms with Crippen molar-refractivity contribution in [2.24, 2.45) is 0 Å². The number of aryl methyl sites for hydroxylation is 1. The molecule has 1 aromatic heterocycles. The number of benzene rings is 1. The SMILES string of the molecule is C#CCN(CC(=O)N1CCN(S(=O)(=O)c2ccc(Cl)s2)CC1)Cc1ccc(C)cc1. The minimum absolute atomic E-state index is 0.0476. The lowest BCUT2D eigenvalue weighted by Crippen LogP contribution is -2.52. The van der Waals surface area contributed by atoms with Crippen molar-refractivity contribution in [3.05, 3.63) is 51.9 Å². The molecule has 0 radical (unpaired) electrons. The number of thiophene rings is 1. The lowest BCUT2D eigenvalue weighted by molar-refractivity contribution is -0.133. The Hall–Kier alpha value is -1.89. The van der Waals surface area contributed by atoms with Gasteiger partial charge in [0.1, 0.15) is 4.21 Å². The highest BCUT2D eigenvalue weighted by atomic mass is 35.5. The molecule has 1 aliphatic heterocycles. The van der Waals surface area contributed by atoms with Crippen LogP contribution in [-0.2, 0) is 21.4 Å². The Bertz CT molecular complexity index is 1020. The maximum atomic E-state index is 12.8. The molecule has 9 heteroatoms. The summed E-state index contributed by atoms with van der Waals surface area (Å²) in [5, 5.41) is 0. The van der Waals surface area contributed by atoms with Crippen molar-refractivity contribution in [2.45, 2.75) is 17.7 Å². The molecule has 0 unspecified atom stereocenters. The summed E-state index contributed by atoms with van der Waals surface area (Å²) >= 11 is 6.91. The molecule has 6 nitrogen and oxygen atoms in total. The first-order valence-electron chi connectivity index (χ1n) is 9.54. The Morgan fingerprint density at radius 1 is 1.17 bits per heavy atom. The third-order valence-corrected chi connectivity index (χ3v) is 8.53. The van der Waals surface area contributed by atoms with Crippen molar-refractivity contribution in [2.75, 3.05) is 39.3 Å². The second-order valence-corrected chi connectivity index (χ2v) is 11.1. The molecule has 1 saturated heterocycles. The number of amides is 1. The molecule has 0 aliphatic carbocycles. The van der Waals surface area contributed by atoms with E-state index in [1.165, 1.54) is 15.9 Å². The summed E-state index contributed by atoms with van der Waals surface area (Å²) in [7, 11) is -3.57. The summed E-state index contributed by atoms with van der Waals surface area (Å²) in [6.07, 6.45) is 5.49. The highest BCUT2D eigenvalue weighted by molar-refractivity contribution is 7.91. The first kappa shape index (κ1) is 22.8. The van der Waals surface area contributed by atoms with Crippen LogP contribution in [0.15, 0.2) is 40.6 Å². The highest BCUT2D eigenvalue weighted by Gasteiger charge is 2.31. The van der Waals surface area contributed by atoms with Gasteiger partial charge in [0.2, 0.25) is 5.91 Å². The van der Waals surface area contributed by atoms with E-state index in [1.807, 2.05) is 36.1 Å². The lowest BCUT2D eigenvalue weighted by Gasteiger charge is -2.34. The Morgan fingerprint density at radius 3 is 2.40 bits per heavy atom. The molecule has 2 heterocycles. The van der Waals surface area contributed by atoms with Crippen LogP contribution < -0.4 is 0 Å². The second-order valence-electron chi connectivity index (χ2n) is 7.18. The molecule has 0 N–H and O–H groups in total. The number of carbonyl (C=O) groups is 1. The zero-order valence-corrected chi connectivity index (χ0v) is 19.1. The van der Waals surface area contributed by atoms with Gasteiger partial charge in [0.25, 0.3) is 10.0 Å². The summed E-state index contributed by atoms with van der Waals surface area (Å²) in [6.45, 7) is 4.41. The third kappa shape index (κ3) is 5.62. The number of piperazine rings is 1. The number of carbonyl (C=O) groups excluding carboxylic acids is 1. The zero-order chi connectivity index (χ0) is 21.7. The van der Waals surface area contributed by atoms with Crippen LogP contribution in [0.1, 0.15) is 11.1 Å². The van der Waals surface area contributed by atoms with Gasteiger partial charge in [-0.1, -0.05) is 47.4 Å². The molecule has 1 amide bonds. The Kier molecular flexibility index (Phi) is 7.55. The van der Waals surface area contributed by atoms with Crippen LogP contribution in [0.25, 0.3) is 0 Å². The topological polar surface area (TPSA) is 60.9 Å². The van der Waals surface area contributed by atoms with E-state index >= 15 is 0 Å². The van der Waals surface area contributed by atoms with Gasteiger partial charge in [0, 0.05) is 32.7 Å². The molecule has 30 heavy (non-hydrogen) atoms. The Labute approximate surface area is 187 Å². The fourth-order valence-corrected chi connectivity index (χ4v) is 6.34. The average molecular weight is 466 g/mol. The van der Waals surface area contributed by atoms with E-state index in [4.69, 9.17) is 18.0 Å². The van der Waals surface area contributed by atoms with Crippen LogP contribution in [0.4, 0.5) is 0 Å². The molecule has 160 valence electrons. The smallest absolute Gasteiger partial charge is 0.252 e. The fraction of sp³-hybridized carbons (Fsp3) is 0.381. The molecular formula is C21H24ClN3O3S2. The average Bonchev–Trinajstić information content (AvgIpc) is 3.17. The van der Waals surface area contributed by atoms with Crippen LogP contribution in [-0.4, -0.2) is 67.7 Å². The molecule has 3 rings (SSSR count). The third-order valence-electron chi connectivity index (χ3n) is 4.93. The van der Waals surface area contributed by atoms with Crippen molar-refractivity contribution < 1.29 is 13.2 Å². The molecule has 2 aromatic rings. The van der Waals surface area contributed by atoms with Gasteiger partial charge in [-0.15, -0.1) is 17.8 Å². The lowest BCUT2D eigenvalue weighted by atomic mass is 10.1. The maximum absolute atomic E-state index is 12.8. The second kappa shape index (κ2) is 9.94. The number of halogens is 1. The van der Waals surface area contributed by atoms with Crippen molar-refractivity contribution in [3.63, 3.8) is 0 Å². The molecular weight excluding hydrogens is 442 g/mol. The van der Waals surface area contributed by atoms with Crippen LogP contribution >= 0.6 is 22.9 Å². The van der Waals surface area contributed by atoms with E-state index in [0.29, 0.717) is 30.5 Å². The standard InChI is InChI=1S/C21H24ClN3O3S2/c1-3-10-23(15-18-6-4-17(2)5-7-18)16-20(26)24-11-13-25(14-12-24)30(27,28)21-9-8-19(22)29-21/h1,4-9H,10-16H2,2H3. The summed E-state index contributed by atoms with van der Waals surface area (Å²) in [5.74, 6) is 2.57. The van der Waals surface area contributed by atoms with E-state index in [1.54, 1.807) is 11.0 Å². The van der Waals surface area contributed by atoms with Crippen LogP contribution in [0.5, 0.6) is 0 Å². The predicted molar refractivity (Wildman–Crippen MR) is 120 cm³/mol. The molecule has 1 aliphatic rings. The van der Waals surface area contributed by atoms with Gasteiger partial charge in [-0.3, -0.25) is 9.69 Å². The van der Waals surface area contributed by atoms with E-state index in [0.717, 1.165) is 16.9 Å². The highest BCUT2D eigenvalue weighted by Crippen LogP contribution is 2.28. The Morgan fingerprint density at radius 2 is 1.83 bits per heavy atom. The number of sulfonamides is 1. The fourth-order valence-electron chi connectivity index (χ4n) is 3.28. The molecule has 0 atom stereocenters. The van der Waals surface area contributed by atoms with E-state index in [-0.39, 0.29) is 29.8 Å². The van der Waals surface area contributed by atoms with Crippen molar-refractivity contribution in [1.82, 2.24) is 14.1 Å². The van der Waals surface area contributed by atoms with Gasteiger partial charge in [-0.2, -0.15) is 4.31 Å². The first-order chi connectivity index (χ1) is 14.3. The van der Waals surface area contributed by atoms with Gasteiger partial charge in [-0.25, -0.2) is 8.42 Å². The Balaban J connectivity index is 1.57. The van der Waals surface area contributed by atoms with E-state index in [2.05, 4.69) is 5.92 Å². The number of rotatable bonds is 7. The largest absolute Gasteiger partial charge is 0.339 e.